The molecule has 0 amide bonds. The Balaban J connectivity index is 1.83. The van der Waals surface area contributed by atoms with E-state index in [2.05, 4.69) is 4.90 Å². The predicted molar refractivity (Wildman–Crippen MR) is 100 cm³/mol. The van der Waals surface area contributed by atoms with E-state index in [-0.39, 0.29) is 13.1 Å². The summed E-state index contributed by atoms with van der Waals surface area (Å²) in [4.78, 5) is 15.3. The number of rotatable bonds is 4. The van der Waals surface area contributed by atoms with E-state index in [0.29, 0.717) is 25.3 Å². The maximum Gasteiger partial charge on any atom is 0.409 e. The zero-order valence-corrected chi connectivity index (χ0v) is 15.9. The lowest BCUT2D eigenvalue weighted by atomic mass is 10.1. The van der Waals surface area contributed by atoms with Gasteiger partial charge < -0.3 is 9.67 Å². The molecule has 0 saturated carbocycles. The van der Waals surface area contributed by atoms with Crippen LogP contribution in [-0.4, -0.2) is 51.8 Å². The topological polar surface area (TPSA) is 48.7 Å². The van der Waals surface area contributed by atoms with E-state index in [1.54, 1.807) is 6.92 Å². The third-order valence-corrected chi connectivity index (χ3v) is 5.30. The first-order chi connectivity index (χ1) is 13.2. The van der Waals surface area contributed by atoms with Gasteiger partial charge in [-0.3, -0.25) is 14.6 Å². The lowest BCUT2D eigenvalue weighted by molar-refractivity contribution is -0.192. The maximum absolute atomic E-state index is 14.0. The molecule has 1 aliphatic heterocycles. The Bertz CT molecular complexity index is 873. The van der Waals surface area contributed by atoms with Crippen molar-refractivity contribution < 1.29 is 18.3 Å². The van der Waals surface area contributed by atoms with E-state index in [4.69, 9.17) is 0 Å². The minimum atomic E-state index is -4.61. The first kappa shape index (κ1) is 20.4. The molecule has 1 fully saturated rings. The monoisotopic (exact) mass is 395 g/mol. The second-order valence-corrected chi connectivity index (χ2v) is 7.18. The molecule has 1 aromatic heterocycles. The van der Waals surface area contributed by atoms with Gasteiger partial charge in [-0.15, -0.1) is 0 Å². The standard InChI is InChI=1S/C20H24F3N3O2/c1-14-12-16(27)18(28)17(24(14)2)19(20(21,22)23)26-10-8-25(9-11-26)13-15-6-4-3-5-7-15/h3-7,12,19,28H,8-11,13H2,1-2H3. The summed E-state index contributed by atoms with van der Waals surface area (Å²) in [5, 5.41) is 10.1. The summed E-state index contributed by atoms with van der Waals surface area (Å²) in [6.45, 7) is 3.57. The minimum absolute atomic E-state index is 0.193. The normalized spacial score (nSPS) is 17.6. The van der Waals surface area contributed by atoms with Crippen LogP contribution in [-0.2, 0) is 13.6 Å². The fourth-order valence-corrected chi connectivity index (χ4v) is 3.70. The molecule has 0 radical (unpaired) electrons. The molecule has 2 heterocycles. The van der Waals surface area contributed by atoms with Crippen LogP contribution in [0.4, 0.5) is 13.2 Å². The number of alkyl halides is 3. The Morgan fingerprint density at radius 2 is 1.71 bits per heavy atom. The summed E-state index contributed by atoms with van der Waals surface area (Å²) in [5.41, 5.74) is 0.299. The maximum atomic E-state index is 14.0. The van der Waals surface area contributed by atoms with Crippen molar-refractivity contribution in [3.8, 4) is 5.75 Å². The van der Waals surface area contributed by atoms with Gasteiger partial charge in [-0.1, -0.05) is 30.3 Å². The molecule has 1 saturated heterocycles. The van der Waals surface area contributed by atoms with Crippen LogP contribution < -0.4 is 5.43 Å². The van der Waals surface area contributed by atoms with Gasteiger partial charge in [0.05, 0.1) is 5.69 Å². The molecule has 1 N–H and O–H groups in total. The molecule has 1 unspecified atom stereocenters. The third kappa shape index (κ3) is 4.23. The average molecular weight is 395 g/mol. The molecule has 2 aromatic rings. The van der Waals surface area contributed by atoms with E-state index >= 15 is 0 Å². The molecular formula is C20H24F3N3O2. The minimum Gasteiger partial charge on any atom is -0.503 e. The van der Waals surface area contributed by atoms with Gasteiger partial charge >= 0.3 is 6.18 Å². The van der Waals surface area contributed by atoms with Gasteiger partial charge in [-0.05, 0) is 12.5 Å². The zero-order valence-electron chi connectivity index (χ0n) is 15.9. The lowest BCUT2D eigenvalue weighted by Gasteiger charge is -2.40. The van der Waals surface area contributed by atoms with Crippen LogP contribution in [0.25, 0.3) is 0 Å². The van der Waals surface area contributed by atoms with Crippen molar-refractivity contribution in [2.45, 2.75) is 25.7 Å². The van der Waals surface area contributed by atoms with Crippen LogP contribution in [0.15, 0.2) is 41.2 Å². The highest BCUT2D eigenvalue weighted by Gasteiger charge is 2.48. The van der Waals surface area contributed by atoms with Gasteiger partial charge in [0.2, 0.25) is 5.43 Å². The van der Waals surface area contributed by atoms with Crippen molar-refractivity contribution in [1.82, 2.24) is 14.4 Å². The Morgan fingerprint density at radius 3 is 2.29 bits per heavy atom. The zero-order chi connectivity index (χ0) is 20.5. The highest BCUT2D eigenvalue weighted by atomic mass is 19.4. The van der Waals surface area contributed by atoms with E-state index in [1.165, 1.54) is 16.5 Å². The Morgan fingerprint density at radius 1 is 1.11 bits per heavy atom. The molecule has 0 spiro atoms. The van der Waals surface area contributed by atoms with E-state index in [0.717, 1.165) is 11.6 Å². The fraction of sp³-hybridized carbons (Fsp3) is 0.450. The molecule has 152 valence electrons. The Labute approximate surface area is 161 Å². The number of pyridine rings is 1. The summed E-state index contributed by atoms with van der Waals surface area (Å²) in [6.07, 6.45) is -4.61. The highest BCUT2D eigenvalue weighted by Crippen LogP contribution is 2.40. The number of aromatic hydroxyl groups is 1. The van der Waals surface area contributed by atoms with Gasteiger partial charge in [-0.2, -0.15) is 13.2 Å². The molecule has 3 rings (SSSR count). The van der Waals surface area contributed by atoms with Crippen LogP contribution in [0.5, 0.6) is 5.75 Å². The molecule has 1 aromatic carbocycles. The van der Waals surface area contributed by atoms with Gasteiger partial charge in [0.1, 0.15) is 0 Å². The van der Waals surface area contributed by atoms with Crippen LogP contribution >= 0.6 is 0 Å². The first-order valence-corrected chi connectivity index (χ1v) is 9.15. The van der Waals surface area contributed by atoms with Gasteiger partial charge in [0, 0.05) is 51.5 Å². The highest BCUT2D eigenvalue weighted by molar-refractivity contribution is 5.33. The third-order valence-electron chi connectivity index (χ3n) is 5.30. The molecule has 1 aliphatic rings. The van der Waals surface area contributed by atoms with E-state index < -0.39 is 29.1 Å². The van der Waals surface area contributed by atoms with Crippen molar-refractivity contribution in [2.24, 2.45) is 7.05 Å². The molecule has 0 aliphatic carbocycles. The number of aryl methyl sites for hydroxylation is 1. The summed E-state index contributed by atoms with van der Waals surface area (Å²) < 4.78 is 43.2. The number of piperazine rings is 1. The number of benzene rings is 1. The van der Waals surface area contributed by atoms with Crippen molar-refractivity contribution in [3.05, 3.63) is 63.6 Å². The molecule has 28 heavy (non-hydrogen) atoms. The molecule has 1 atom stereocenters. The van der Waals surface area contributed by atoms with Gasteiger partial charge in [0.25, 0.3) is 0 Å². The predicted octanol–water partition coefficient (Wildman–Crippen LogP) is 2.82. The second-order valence-electron chi connectivity index (χ2n) is 7.18. The average Bonchev–Trinajstić information content (AvgIpc) is 2.64. The largest absolute Gasteiger partial charge is 0.503 e. The number of nitrogens with zero attached hydrogens (tertiary/aromatic N) is 3. The number of hydrogen-bond acceptors (Lipinski definition) is 4. The van der Waals surface area contributed by atoms with Crippen molar-refractivity contribution >= 4 is 0 Å². The molecule has 5 nitrogen and oxygen atoms in total. The lowest BCUT2D eigenvalue weighted by Crippen LogP contribution is -2.51. The quantitative estimate of drug-likeness (QED) is 0.865. The van der Waals surface area contributed by atoms with Crippen LogP contribution in [0.2, 0.25) is 0 Å². The van der Waals surface area contributed by atoms with E-state index in [1.807, 2.05) is 30.3 Å². The van der Waals surface area contributed by atoms with Crippen molar-refractivity contribution in [2.75, 3.05) is 26.2 Å². The van der Waals surface area contributed by atoms with Crippen LogP contribution in [0.1, 0.15) is 23.0 Å². The smallest absolute Gasteiger partial charge is 0.409 e. The van der Waals surface area contributed by atoms with Gasteiger partial charge in [-0.25, -0.2) is 0 Å². The number of hydrogen-bond donors (Lipinski definition) is 1. The van der Waals surface area contributed by atoms with Crippen LogP contribution in [0.3, 0.4) is 0 Å². The molecule has 0 bridgehead atoms. The number of aromatic nitrogens is 1. The van der Waals surface area contributed by atoms with Gasteiger partial charge in [0.15, 0.2) is 11.8 Å². The molecular weight excluding hydrogens is 371 g/mol. The fourth-order valence-electron chi connectivity index (χ4n) is 3.70. The Hall–Kier alpha value is -2.32. The Kier molecular flexibility index (Phi) is 5.81. The summed E-state index contributed by atoms with van der Waals surface area (Å²) >= 11 is 0. The van der Waals surface area contributed by atoms with Crippen molar-refractivity contribution in [3.63, 3.8) is 0 Å². The summed E-state index contributed by atoms with van der Waals surface area (Å²) in [6, 6.07) is 8.90. The number of halogens is 3. The molecule has 8 heteroatoms. The summed E-state index contributed by atoms with van der Waals surface area (Å²) in [5.74, 6) is -0.831. The van der Waals surface area contributed by atoms with Crippen molar-refractivity contribution in [1.29, 1.82) is 0 Å². The second kappa shape index (κ2) is 7.97. The first-order valence-electron chi connectivity index (χ1n) is 9.15. The van der Waals surface area contributed by atoms with E-state index in [9.17, 15) is 23.1 Å². The van der Waals surface area contributed by atoms with Crippen LogP contribution in [0, 0.1) is 6.92 Å². The summed E-state index contributed by atoms with van der Waals surface area (Å²) in [7, 11) is 1.44. The SMILES string of the molecule is Cc1cc(=O)c(O)c(C(N2CCN(Cc3ccccc3)CC2)C(F)(F)F)n1C.